The van der Waals surface area contributed by atoms with Crippen LogP contribution in [0.2, 0.25) is 10.0 Å². The average Bonchev–Trinajstić information content (AvgIpc) is 3.30. The summed E-state index contributed by atoms with van der Waals surface area (Å²) in [6.45, 7) is 3.71. The fourth-order valence-corrected chi connectivity index (χ4v) is 10.4. The van der Waals surface area contributed by atoms with Gasteiger partial charge in [-0.25, -0.2) is 4.99 Å². The molecule has 66 heavy (non-hydrogen) atoms. The maximum Gasteiger partial charge on any atom is 0.271 e. The van der Waals surface area contributed by atoms with Crippen LogP contribution in [0.3, 0.4) is 0 Å². The Labute approximate surface area is 389 Å². The lowest BCUT2D eigenvalue weighted by atomic mass is 9.73. The van der Waals surface area contributed by atoms with Gasteiger partial charge in [-0.2, -0.15) is 0 Å². The van der Waals surface area contributed by atoms with E-state index in [4.69, 9.17) is 32.7 Å². The highest BCUT2D eigenvalue weighted by molar-refractivity contribution is 6.43. The first-order chi connectivity index (χ1) is 31.9. The Bertz CT molecular complexity index is 2770. The molecule has 3 aromatic rings. The maximum atomic E-state index is 14.8. The zero-order valence-corrected chi connectivity index (χ0v) is 37.5. The molecule has 0 radical (unpaired) electrons. The highest BCUT2D eigenvalue weighted by Gasteiger charge is 2.43. The van der Waals surface area contributed by atoms with Crippen molar-refractivity contribution in [2.75, 3.05) is 49.6 Å². The molecule has 18 heteroatoms. The van der Waals surface area contributed by atoms with Crippen LogP contribution in [0.1, 0.15) is 80.9 Å². The second-order valence-electron chi connectivity index (χ2n) is 17.1. The third-order valence-electron chi connectivity index (χ3n) is 12.8. The lowest BCUT2D eigenvalue weighted by molar-refractivity contribution is -0.385. The number of benzene rings is 3. The smallest absolute Gasteiger partial charge is 0.271 e. The molecule has 0 saturated carbocycles. The lowest BCUT2D eigenvalue weighted by Gasteiger charge is -2.42. The molecule has 2 amide bonds. The number of piperidine rings is 1. The number of aliphatic hydroxyl groups excluding tert-OH is 1. The number of aliphatic imine (C=N–C) groups is 1. The Balaban J connectivity index is 1.00. The van der Waals surface area contributed by atoms with Crippen molar-refractivity contribution in [3.05, 3.63) is 129 Å². The van der Waals surface area contributed by atoms with E-state index < -0.39 is 21.5 Å². The Morgan fingerprint density at radius 2 is 1.39 bits per heavy atom. The molecule has 2 N–H and O–H groups in total. The standard InChI is InChI=1S/C48H46Cl2N6O10/c49-35-25-29(55(61)62)13-15-37(35)65-21-5-11-39(57)51-43-31-9-3-19-53-17-1-7-27(45(31)53)23-33(43)41-47(59)42(48(41)60)34-24-28-8-2-18-54-20-4-10-32(46(28)54)44(34)52-40(58)12-6-22-66-38-16-14-30(56(63)64)26-36(38)50/h13-16,23-26,59H,1-12,17-22H2,(H,51,57). The molecule has 0 unspecified atom stereocenters. The van der Waals surface area contributed by atoms with Crippen LogP contribution in [-0.2, 0) is 27.2 Å². The summed E-state index contributed by atoms with van der Waals surface area (Å²) in [5.41, 5.74) is 7.60. The molecule has 3 aromatic carbocycles. The van der Waals surface area contributed by atoms with Crippen LogP contribution >= 0.6 is 23.2 Å². The predicted octanol–water partition coefficient (Wildman–Crippen LogP) is 9.37. The molecule has 342 valence electrons. The molecule has 0 atom stereocenters. The van der Waals surface area contributed by atoms with Gasteiger partial charge in [-0.3, -0.25) is 34.6 Å². The van der Waals surface area contributed by atoms with Crippen molar-refractivity contribution >= 4 is 74.8 Å². The lowest BCUT2D eigenvalue weighted by Crippen LogP contribution is -2.38. The molecule has 4 aliphatic heterocycles. The van der Waals surface area contributed by atoms with Gasteiger partial charge in [0.1, 0.15) is 17.3 Å². The monoisotopic (exact) mass is 936 g/mol. The van der Waals surface area contributed by atoms with E-state index in [1.54, 1.807) is 0 Å². The number of carbonyl (C=O) groups excluding carboxylic acids is 3. The predicted molar refractivity (Wildman–Crippen MR) is 249 cm³/mol. The summed E-state index contributed by atoms with van der Waals surface area (Å²) >= 11 is 12.4. The van der Waals surface area contributed by atoms with Crippen molar-refractivity contribution in [3.63, 3.8) is 0 Å². The van der Waals surface area contributed by atoms with Crippen molar-refractivity contribution in [2.24, 2.45) is 4.99 Å². The van der Waals surface area contributed by atoms with Gasteiger partial charge in [0, 0.05) is 91.4 Å². The van der Waals surface area contributed by atoms with E-state index in [0.29, 0.717) is 41.8 Å². The van der Waals surface area contributed by atoms with Crippen molar-refractivity contribution < 1.29 is 38.8 Å². The topological polar surface area (TPSA) is 207 Å². The summed E-state index contributed by atoms with van der Waals surface area (Å²) in [4.78, 5) is 72.6. The number of rotatable bonds is 14. The van der Waals surface area contributed by atoms with E-state index in [-0.39, 0.29) is 88.2 Å². The molecule has 0 spiro atoms. The minimum absolute atomic E-state index is 0.00945. The van der Waals surface area contributed by atoms with E-state index in [9.17, 15) is 39.7 Å². The number of aryl methyl sites for hydroxylation is 1. The molecule has 4 heterocycles. The number of allylic oxidation sites excluding steroid dienone is 6. The van der Waals surface area contributed by atoms with Crippen LogP contribution in [-0.4, -0.2) is 82.6 Å². The van der Waals surface area contributed by atoms with E-state index in [2.05, 4.69) is 20.1 Å². The van der Waals surface area contributed by atoms with Crippen LogP contribution in [0.25, 0.3) is 5.57 Å². The summed E-state index contributed by atoms with van der Waals surface area (Å²) in [5.74, 6) is -0.840. The maximum absolute atomic E-state index is 14.8. The van der Waals surface area contributed by atoms with E-state index >= 15 is 0 Å². The SMILES string of the molecule is O=C(CCCOc1ccc([N+](=O)[O-])cc1Cl)N=C1C(=C2C(=O)C(c3cc4c5c(c3NC(=O)CCCOc3ccc([N+](=O)[O-])cc3Cl)CCCN5CCC4)=C2O)C=C2CCCN3CCCC1=C23. The van der Waals surface area contributed by atoms with Crippen LogP contribution < -0.4 is 19.7 Å². The van der Waals surface area contributed by atoms with Gasteiger partial charge >= 0.3 is 0 Å². The fraction of sp³-hybridized carbons (Fsp3) is 0.375. The third-order valence-corrected chi connectivity index (χ3v) is 13.4. The number of anilines is 2. The summed E-state index contributed by atoms with van der Waals surface area (Å²) in [7, 11) is 0. The van der Waals surface area contributed by atoms with Crippen molar-refractivity contribution in [1.29, 1.82) is 0 Å². The molecule has 16 nitrogen and oxygen atoms in total. The molecule has 0 bridgehead atoms. The van der Waals surface area contributed by atoms with Gasteiger partial charge in [-0.15, -0.1) is 0 Å². The number of carbonyl (C=O) groups is 3. The second-order valence-corrected chi connectivity index (χ2v) is 17.9. The number of hydrogen-bond acceptors (Lipinski definition) is 12. The Morgan fingerprint density at radius 3 is 2.03 bits per heavy atom. The van der Waals surface area contributed by atoms with Gasteiger partial charge in [0.25, 0.3) is 11.4 Å². The summed E-state index contributed by atoms with van der Waals surface area (Å²) in [6, 6.07) is 9.76. The molecular formula is C48H46Cl2N6O10. The first kappa shape index (κ1) is 44.7. The van der Waals surface area contributed by atoms with E-state index in [1.165, 1.54) is 36.4 Å². The number of aliphatic hydroxyl groups is 1. The van der Waals surface area contributed by atoms with Gasteiger partial charge in [0.2, 0.25) is 17.6 Å². The number of Topliss-reactive ketones (excluding diaryl/α,β-unsaturated/α-hetero) is 1. The number of ether oxygens (including phenoxy) is 2. The Morgan fingerprint density at radius 1 is 0.788 bits per heavy atom. The summed E-state index contributed by atoms with van der Waals surface area (Å²) < 4.78 is 11.5. The van der Waals surface area contributed by atoms with Gasteiger partial charge in [-0.1, -0.05) is 23.2 Å². The number of nitrogens with one attached hydrogen (secondary N) is 1. The second kappa shape index (κ2) is 18.8. The van der Waals surface area contributed by atoms with Crippen molar-refractivity contribution in [2.45, 2.75) is 77.0 Å². The fourth-order valence-electron chi connectivity index (χ4n) is 9.91. The van der Waals surface area contributed by atoms with Crippen molar-refractivity contribution in [1.82, 2.24) is 4.90 Å². The van der Waals surface area contributed by atoms with Crippen LogP contribution in [0, 0.1) is 20.2 Å². The Hall–Kier alpha value is -6.52. The number of nitrogens with zero attached hydrogens (tertiary/aromatic N) is 5. The van der Waals surface area contributed by atoms with Gasteiger partial charge < -0.3 is 29.7 Å². The zero-order valence-electron chi connectivity index (χ0n) is 36.0. The minimum Gasteiger partial charge on any atom is -0.506 e. The van der Waals surface area contributed by atoms with E-state index in [0.717, 1.165) is 98.4 Å². The highest BCUT2D eigenvalue weighted by atomic mass is 35.5. The third kappa shape index (κ3) is 8.66. The van der Waals surface area contributed by atoms with Crippen LogP contribution in [0.15, 0.2) is 87.3 Å². The van der Waals surface area contributed by atoms with Gasteiger partial charge in [0.15, 0.2) is 0 Å². The molecule has 2 aliphatic carbocycles. The van der Waals surface area contributed by atoms with Crippen LogP contribution in [0.4, 0.5) is 22.7 Å². The molecular weight excluding hydrogens is 891 g/mol. The van der Waals surface area contributed by atoms with Gasteiger partial charge in [0.05, 0.1) is 55.7 Å². The van der Waals surface area contributed by atoms with E-state index in [1.807, 2.05) is 12.1 Å². The summed E-state index contributed by atoms with van der Waals surface area (Å²) in [5, 5.41) is 37.7. The summed E-state index contributed by atoms with van der Waals surface area (Å²) in [6.07, 6.45) is 8.96. The van der Waals surface area contributed by atoms with Gasteiger partial charge in [-0.05, 0) is 105 Å². The number of nitro benzene ring substituents is 2. The minimum atomic E-state index is -0.550. The first-order valence-electron chi connectivity index (χ1n) is 22.3. The van der Waals surface area contributed by atoms with Crippen LogP contribution in [0.5, 0.6) is 11.5 Å². The highest BCUT2D eigenvalue weighted by Crippen LogP contribution is 2.50. The molecule has 9 rings (SSSR count). The molecule has 6 aliphatic rings. The quantitative estimate of drug-likeness (QED) is 0.0671. The number of non-ortho nitro benzene ring substituents is 2. The number of nitro groups is 2. The average molecular weight is 938 g/mol. The molecule has 0 aromatic heterocycles. The molecule has 1 saturated heterocycles. The Kier molecular flexibility index (Phi) is 12.7. The van der Waals surface area contributed by atoms with Crippen molar-refractivity contribution in [3.8, 4) is 11.5 Å². The molecule has 1 fully saturated rings. The number of hydrogen-bond donors (Lipinski definition) is 2. The number of halogens is 2. The first-order valence-corrected chi connectivity index (χ1v) is 23.0. The number of ketones is 1. The number of amides is 2. The largest absolute Gasteiger partial charge is 0.506 e. The zero-order chi connectivity index (χ0) is 46.2. The normalized spacial score (nSPS) is 19.2.